The predicted octanol–water partition coefficient (Wildman–Crippen LogP) is 3.34. The molecule has 3 nitrogen and oxygen atoms in total. The summed E-state index contributed by atoms with van der Waals surface area (Å²) in [6.07, 6.45) is 1.41. The van der Waals surface area contributed by atoms with Crippen molar-refractivity contribution in [2.24, 2.45) is 0 Å². The molecule has 0 fully saturated rings. The minimum absolute atomic E-state index is 0.445. The third-order valence-electron chi connectivity index (χ3n) is 2.31. The maximum absolute atomic E-state index is 6.10. The number of aromatic nitrogens is 2. The molecule has 0 aliphatic carbocycles. The Bertz CT molecular complexity index is 541. The topological polar surface area (TPSA) is 51.8 Å². The van der Waals surface area contributed by atoms with Crippen molar-refractivity contribution in [2.45, 2.75) is 6.92 Å². The molecule has 0 spiro atoms. The Morgan fingerprint density at radius 3 is 2.69 bits per heavy atom. The summed E-state index contributed by atoms with van der Waals surface area (Å²) in [5.41, 5.74) is 7.99. The molecule has 2 N–H and O–H groups in total. The second-order valence-electron chi connectivity index (χ2n) is 3.36. The fourth-order valence-electron chi connectivity index (χ4n) is 1.41. The van der Waals surface area contributed by atoms with E-state index in [1.807, 2.05) is 6.92 Å². The summed E-state index contributed by atoms with van der Waals surface area (Å²) in [6.45, 7) is 1.85. The second-order valence-corrected chi connectivity index (χ2v) is 4.20. The van der Waals surface area contributed by atoms with Gasteiger partial charge in [0.1, 0.15) is 12.1 Å². The lowest BCUT2D eigenvalue weighted by Crippen LogP contribution is -1.98. The van der Waals surface area contributed by atoms with Crippen LogP contribution in [0.5, 0.6) is 0 Å². The first-order valence-corrected chi connectivity index (χ1v) is 5.37. The second kappa shape index (κ2) is 4.28. The molecular formula is C11H9Cl2N3. The van der Waals surface area contributed by atoms with Crippen LogP contribution in [0.4, 0.5) is 5.82 Å². The van der Waals surface area contributed by atoms with Crippen LogP contribution in [0.3, 0.4) is 0 Å². The first-order valence-electron chi connectivity index (χ1n) is 4.62. The molecule has 0 atom stereocenters. The molecule has 5 heteroatoms. The number of halogens is 2. The highest BCUT2D eigenvalue weighted by Gasteiger charge is 2.10. The van der Waals surface area contributed by atoms with E-state index in [-0.39, 0.29) is 0 Å². The lowest BCUT2D eigenvalue weighted by atomic mass is 10.1. The van der Waals surface area contributed by atoms with Gasteiger partial charge in [-0.2, -0.15) is 0 Å². The molecule has 1 heterocycles. The summed E-state index contributed by atoms with van der Waals surface area (Å²) >= 11 is 12.0. The van der Waals surface area contributed by atoms with Crippen LogP contribution < -0.4 is 5.73 Å². The summed E-state index contributed by atoms with van der Waals surface area (Å²) < 4.78 is 0. The van der Waals surface area contributed by atoms with Crippen molar-refractivity contribution in [3.8, 4) is 11.3 Å². The van der Waals surface area contributed by atoms with Crippen molar-refractivity contribution in [1.29, 1.82) is 0 Å². The maximum Gasteiger partial charge on any atom is 0.130 e. The number of nitrogens with two attached hydrogens (primary N) is 1. The van der Waals surface area contributed by atoms with Gasteiger partial charge in [0, 0.05) is 16.1 Å². The molecular weight excluding hydrogens is 245 g/mol. The van der Waals surface area contributed by atoms with E-state index in [1.54, 1.807) is 18.2 Å². The summed E-state index contributed by atoms with van der Waals surface area (Å²) in [5, 5.41) is 1.20. The maximum atomic E-state index is 6.10. The highest BCUT2D eigenvalue weighted by molar-refractivity contribution is 6.35. The molecule has 0 unspecified atom stereocenters. The molecule has 1 aromatic carbocycles. The van der Waals surface area contributed by atoms with E-state index in [0.29, 0.717) is 21.6 Å². The van der Waals surface area contributed by atoms with Gasteiger partial charge in [-0.05, 0) is 25.1 Å². The minimum Gasteiger partial charge on any atom is -0.383 e. The molecule has 0 aliphatic rings. The number of nitrogen functional groups attached to an aromatic ring is 1. The lowest BCUT2D eigenvalue weighted by molar-refractivity contribution is 1.14. The number of hydrogen-bond acceptors (Lipinski definition) is 3. The highest BCUT2D eigenvalue weighted by atomic mass is 35.5. The SMILES string of the molecule is Cc1c(N)ncnc1-c1cc(Cl)ccc1Cl. The minimum atomic E-state index is 0.445. The Labute approximate surface area is 103 Å². The molecule has 2 aromatic rings. The molecule has 2 rings (SSSR count). The monoisotopic (exact) mass is 253 g/mol. The zero-order chi connectivity index (χ0) is 11.7. The van der Waals surface area contributed by atoms with Crippen molar-refractivity contribution >= 4 is 29.0 Å². The van der Waals surface area contributed by atoms with Gasteiger partial charge in [0.25, 0.3) is 0 Å². The molecule has 0 amide bonds. The van der Waals surface area contributed by atoms with E-state index in [0.717, 1.165) is 11.1 Å². The predicted molar refractivity (Wildman–Crippen MR) is 66.6 cm³/mol. The molecule has 0 saturated heterocycles. The summed E-state index contributed by atoms with van der Waals surface area (Å²) in [4.78, 5) is 8.08. The first-order chi connectivity index (χ1) is 7.59. The number of anilines is 1. The van der Waals surface area contributed by atoms with E-state index >= 15 is 0 Å². The average molecular weight is 254 g/mol. The smallest absolute Gasteiger partial charge is 0.130 e. The summed E-state index contributed by atoms with van der Waals surface area (Å²) in [6, 6.07) is 5.23. The van der Waals surface area contributed by atoms with E-state index in [1.165, 1.54) is 6.33 Å². The van der Waals surface area contributed by atoms with E-state index in [2.05, 4.69) is 9.97 Å². The zero-order valence-corrected chi connectivity index (χ0v) is 10.0. The van der Waals surface area contributed by atoms with Crippen LogP contribution in [0.1, 0.15) is 5.56 Å². The van der Waals surface area contributed by atoms with E-state index in [4.69, 9.17) is 28.9 Å². The van der Waals surface area contributed by atoms with Crippen LogP contribution in [0.15, 0.2) is 24.5 Å². The number of rotatable bonds is 1. The lowest BCUT2D eigenvalue weighted by Gasteiger charge is -2.08. The largest absolute Gasteiger partial charge is 0.383 e. The van der Waals surface area contributed by atoms with Gasteiger partial charge in [-0.25, -0.2) is 9.97 Å². The number of benzene rings is 1. The Morgan fingerprint density at radius 1 is 1.19 bits per heavy atom. The quantitative estimate of drug-likeness (QED) is 0.849. The Kier molecular flexibility index (Phi) is 2.99. The van der Waals surface area contributed by atoms with Crippen molar-refractivity contribution in [3.05, 3.63) is 40.1 Å². The number of nitrogens with zero attached hydrogens (tertiary/aromatic N) is 2. The van der Waals surface area contributed by atoms with E-state index < -0.39 is 0 Å². The Balaban J connectivity index is 2.67. The Hall–Kier alpha value is -1.32. The summed E-state index contributed by atoms with van der Waals surface area (Å²) in [7, 11) is 0. The zero-order valence-electron chi connectivity index (χ0n) is 8.54. The standard InChI is InChI=1S/C11H9Cl2N3/c1-6-10(15-5-16-11(6)14)8-4-7(12)2-3-9(8)13/h2-5H,1H3,(H2,14,15,16). The number of hydrogen-bond donors (Lipinski definition) is 1. The van der Waals surface area contributed by atoms with Crippen molar-refractivity contribution in [3.63, 3.8) is 0 Å². The van der Waals surface area contributed by atoms with Crippen molar-refractivity contribution < 1.29 is 0 Å². The molecule has 0 aliphatic heterocycles. The van der Waals surface area contributed by atoms with Crippen LogP contribution in [0, 0.1) is 6.92 Å². The third-order valence-corrected chi connectivity index (χ3v) is 2.87. The van der Waals surface area contributed by atoms with E-state index in [9.17, 15) is 0 Å². The van der Waals surface area contributed by atoms with Crippen molar-refractivity contribution in [1.82, 2.24) is 9.97 Å². The van der Waals surface area contributed by atoms with Gasteiger partial charge in [-0.1, -0.05) is 23.2 Å². The van der Waals surface area contributed by atoms with Gasteiger partial charge in [0.05, 0.1) is 10.7 Å². The van der Waals surface area contributed by atoms with Crippen LogP contribution in [-0.4, -0.2) is 9.97 Å². The Morgan fingerprint density at radius 2 is 1.94 bits per heavy atom. The fraction of sp³-hybridized carbons (Fsp3) is 0.0909. The van der Waals surface area contributed by atoms with Crippen LogP contribution >= 0.6 is 23.2 Å². The fourth-order valence-corrected chi connectivity index (χ4v) is 1.79. The average Bonchev–Trinajstić information content (AvgIpc) is 2.26. The van der Waals surface area contributed by atoms with Crippen molar-refractivity contribution in [2.75, 3.05) is 5.73 Å². The first kappa shape index (κ1) is 11.2. The normalized spacial score (nSPS) is 10.4. The van der Waals surface area contributed by atoms with Gasteiger partial charge in [0.2, 0.25) is 0 Å². The molecule has 0 bridgehead atoms. The third kappa shape index (κ3) is 1.96. The van der Waals surface area contributed by atoms with Gasteiger partial charge >= 0.3 is 0 Å². The van der Waals surface area contributed by atoms with Crippen LogP contribution in [0.25, 0.3) is 11.3 Å². The summed E-state index contributed by atoms with van der Waals surface area (Å²) in [5.74, 6) is 0.445. The van der Waals surface area contributed by atoms with Gasteiger partial charge < -0.3 is 5.73 Å². The molecule has 16 heavy (non-hydrogen) atoms. The van der Waals surface area contributed by atoms with Gasteiger partial charge in [-0.15, -0.1) is 0 Å². The molecule has 0 saturated carbocycles. The molecule has 0 radical (unpaired) electrons. The van der Waals surface area contributed by atoms with Gasteiger partial charge in [0.15, 0.2) is 0 Å². The highest BCUT2D eigenvalue weighted by Crippen LogP contribution is 2.31. The van der Waals surface area contributed by atoms with Crippen LogP contribution in [0.2, 0.25) is 10.0 Å². The molecule has 1 aromatic heterocycles. The van der Waals surface area contributed by atoms with Crippen LogP contribution in [-0.2, 0) is 0 Å². The van der Waals surface area contributed by atoms with Gasteiger partial charge in [-0.3, -0.25) is 0 Å². The molecule has 82 valence electrons.